The highest BCUT2D eigenvalue weighted by atomic mass is 35.5. The number of rotatable bonds is 7. The molecule has 0 spiro atoms. The van der Waals surface area contributed by atoms with Crippen LogP contribution in [0.1, 0.15) is 55.2 Å². The minimum Gasteiger partial charge on any atom is -0.344 e. The molecule has 0 aliphatic rings. The highest BCUT2D eigenvalue weighted by molar-refractivity contribution is 6.30. The number of aryl methyl sites for hydroxylation is 1. The normalized spacial score (nSPS) is 12.0. The number of hydrogen-bond acceptors (Lipinski definition) is 3. The first-order chi connectivity index (χ1) is 11.5. The summed E-state index contributed by atoms with van der Waals surface area (Å²) in [6, 6.07) is 10.1. The monoisotopic (exact) mass is 347 g/mol. The number of nitrogens with one attached hydrogen (secondary N) is 1. The summed E-state index contributed by atoms with van der Waals surface area (Å²) in [6.45, 7) is 4.56. The first kappa shape index (κ1) is 18.2. The van der Waals surface area contributed by atoms with Gasteiger partial charge in [0.25, 0.3) is 11.5 Å². The Morgan fingerprint density at radius 2 is 1.92 bits per heavy atom. The zero-order valence-electron chi connectivity index (χ0n) is 14.0. The van der Waals surface area contributed by atoms with Crippen LogP contribution in [0.15, 0.2) is 41.2 Å². The summed E-state index contributed by atoms with van der Waals surface area (Å²) in [7, 11) is 0. The zero-order valence-corrected chi connectivity index (χ0v) is 14.7. The van der Waals surface area contributed by atoms with Gasteiger partial charge in [-0.25, -0.2) is 4.68 Å². The number of carbonyl (C=O) groups is 1. The third-order valence-electron chi connectivity index (χ3n) is 3.81. The largest absolute Gasteiger partial charge is 0.344 e. The molecule has 1 aromatic carbocycles. The number of halogens is 1. The van der Waals surface area contributed by atoms with E-state index in [4.69, 9.17) is 11.6 Å². The van der Waals surface area contributed by atoms with E-state index >= 15 is 0 Å². The van der Waals surface area contributed by atoms with E-state index in [9.17, 15) is 9.59 Å². The fourth-order valence-corrected chi connectivity index (χ4v) is 2.51. The van der Waals surface area contributed by atoms with Gasteiger partial charge in [-0.3, -0.25) is 9.59 Å². The third kappa shape index (κ3) is 4.68. The molecule has 1 N–H and O–H groups in total. The predicted octanol–water partition coefficient (Wildman–Crippen LogP) is 3.58. The van der Waals surface area contributed by atoms with Crippen molar-refractivity contribution in [3.8, 4) is 0 Å². The lowest BCUT2D eigenvalue weighted by molar-refractivity contribution is 0.0928. The Kier molecular flexibility index (Phi) is 6.55. The Balaban J connectivity index is 2.15. The van der Waals surface area contributed by atoms with E-state index in [1.165, 1.54) is 16.8 Å². The fraction of sp³-hybridized carbons (Fsp3) is 0.389. The van der Waals surface area contributed by atoms with Gasteiger partial charge in [0.15, 0.2) is 0 Å². The molecular weight excluding hydrogens is 326 g/mol. The summed E-state index contributed by atoms with van der Waals surface area (Å²) >= 11 is 5.91. The molecule has 1 atom stereocenters. The van der Waals surface area contributed by atoms with Crippen LogP contribution in [0.25, 0.3) is 0 Å². The van der Waals surface area contributed by atoms with Crippen LogP contribution in [0.2, 0.25) is 5.02 Å². The SMILES string of the molecule is CCCCn1nc(C(=O)NC(CC)c2ccc(Cl)cc2)ccc1=O. The van der Waals surface area contributed by atoms with E-state index < -0.39 is 0 Å². The van der Waals surface area contributed by atoms with Gasteiger partial charge in [-0.2, -0.15) is 5.10 Å². The molecule has 5 nitrogen and oxygen atoms in total. The molecule has 0 saturated carbocycles. The van der Waals surface area contributed by atoms with Crippen LogP contribution >= 0.6 is 11.6 Å². The molecule has 0 bridgehead atoms. The van der Waals surface area contributed by atoms with Crippen molar-refractivity contribution in [3.05, 3.63) is 63.0 Å². The van der Waals surface area contributed by atoms with Crippen molar-refractivity contribution in [1.82, 2.24) is 15.1 Å². The highest BCUT2D eigenvalue weighted by Gasteiger charge is 2.16. The molecule has 1 unspecified atom stereocenters. The van der Waals surface area contributed by atoms with Crippen molar-refractivity contribution in [2.45, 2.75) is 45.7 Å². The van der Waals surface area contributed by atoms with Crippen molar-refractivity contribution in [1.29, 1.82) is 0 Å². The molecule has 2 aromatic rings. The lowest BCUT2D eigenvalue weighted by Gasteiger charge is -2.17. The molecule has 1 aromatic heterocycles. The quantitative estimate of drug-likeness (QED) is 0.832. The van der Waals surface area contributed by atoms with Gasteiger partial charge in [0, 0.05) is 17.6 Å². The van der Waals surface area contributed by atoms with E-state index in [-0.39, 0.29) is 23.2 Å². The van der Waals surface area contributed by atoms with E-state index in [1.807, 2.05) is 26.0 Å². The summed E-state index contributed by atoms with van der Waals surface area (Å²) < 4.78 is 1.35. The van der Waals surface area contributed by atoms with Gasteiger partial charge >= 0.3 is 0 Å². The van der Waals surface area contributed by atoms with Crippen molar-refractivity contribution >= 4 is 17.5 Å². The van der Waals surface area contributed by atoms with Crippen molar-refractivity contribution < 1.29 is 4.79 Å². The Bertz CT molecular complexity index is 741. The maximum Gasteiger partial charge on any atom is 0.272 e. The molecule has 0 aliphatic heterocycles. The van der Waals surface area contributed by atoms with Crippen LogP contribution in [0.4, 0.5) is 0 Å². The average molecular weight is 348 g/mol. The lowest BCUT2D eigenvalue weighted by atomic mass is 10.0. The Morgan fingerprint density at radius 1 is 1.21 bits per heavy atom. The van der Waals surface area contributed by atoms with Crippen molar-refractivity contribution in [3.63, 3.8) is 0 Å². The second-order valence-electron chi connectivity index (χ2n) is 5.62. The van der Waals surface area contributed by atoms with Gasteiger partial charge in [-0.1, -0.05) is 44.0 Å². The number of amides is 1. The number of benzene rings is 1. The number of carbonyl (C=O) groups excluding carboxylic acids is 1. The summed E-state index contributed by atoms with van der Waals surface area (Å²) in [5.41, 5.74) is 1.04. The van der Waals surface area contributed by atoms with Crippen LogP contribution in [-0.4, -0.2) is 15.7 Å². The first-order valence-corrected chi connectivity index (χ1v) is 8.57. The Hall–Kier alpha value is -2.14. The minimum atomic E-state index is -0.290. The van der Waals surface area contributed by atoms with Crippen molar-refractivity contribution in [2.24, 2.45) is 0 Å². The van der Waals surface area contributed by atoms with Crippen LogP contribution in [-0.2, 0) is 6.54 Å². The van der Waals surface area contributed by atoms with Gasteiger partial charge in [0.2, 0.25) is 0 Å². The topological polar surface area (TPSA) is 64.0 Å². The highest BCUT2D eigenvalue weighted by Crippen LogP contribution is 2.19. The second-order valence-corrected chi connectivity index (χ2v) is 6.06. The summed E-state index contributed by atoms with van der Waals surface area (Å²) in [5, 5.41) is 7.79. The molecule has 128 valence electrons. The molecule has 2 rings (SSSR count). The number of unbranched alkanes of at least 4 members (excludes halogenated alkanes) is 1. The summed E-state index contributed by atoms with van der Waals surface area (Å²) in [5.74, 6) is -0.290. The molecule has 0 radical (unpaired) electrons. The Labute approximate surface area is 146 Å². The van der Waals surface area contributed by atoms with Gasteiger partial charge in [0.1, 0.15) is 5.69 Å². The van der Waals surface area contributed by atoms with E-state index in [2.05, 4.69) is 10.4 Å². The molecule has 1 amide bonds. The maximum absolute atomic E-state index is 12.5. The predicted molar refractivity (Wildman–Crippen MR) is 95.4 cm³/mol. The minimum absolute atomic E-state index is 0.132. The van der Waals surface area contributed by atoms with E-state index in [0.717, 1.165) is 24.8 Å². The number of hydrogen-bond donors (Lipinski definition) is 1. The molecule has 0 saturated heterocycles. The third-order valence-corrected chi connectivity index (χ3v) is 4.06. The molecule has 24 heavy (non-hydrogen) atoms. The Morgan fingerprint density at radius 3 is 2.54 bits per heavy atom. The van der Waals surface area contributed by atoms with Crippen LogP contribution in [0.3, 0.4) is 0 Å². The van der Waals surface area contributed by atoms with E-state index in [0.29, 0.717) is 11.6 Å². The average Bonchev–Trinajstić information content (AvgIpc) is 2.59. The molecule has 0 fully saturated rings. The molecular formula is C18H22ClN3O2. The van der Waals surface area contributed by atoms with Crippen LogP contribution < -0.4 is 10.9 Å². The molecule has 6 heteroatoms. The van der Waals surface area contributed by atoms with Crippen molar-refractivity contribution in [2.75, 3.05) is 0 Å². The van der Waals surface area contributed by atoms with Gasteiger partial charge < -0.3 is 5.32 Å². The summed E-state index contributed by atoms with van der Waals surface area (Å²) in [6.07, 6.45) is 2.54. The maximum atomic E-state index is 12.5. The summed E-state index contributed by atoms with van der Waals surface area (Å²) in [4.78, 5) is 24.3. The zero-order chi connectivity index (χ0) is 17.5. The fourth-order valence-electron chi connectivity index (χ4n) is 2.39. The van der Waals surface area contributed by atoms with Gasteiger partial charge in [0.05, 0.1) is 6.04 Å². The molecule has 1 heterocycles. The standard InChI is InChI=1S/C18H22ClN3O2/c1-3-5-12-22-17(23)11-10-16(21-22)18(24)20-15(4-2)13-6-8-14(19)9-7-13/h6-11,15H,3-5,12H2,1-2H3,(H,20,24). The van der Waals surface area contributed by atoms with Crippen LogP contribution in [0.5, 0.6) is 0 Å². The van der Waals surface area contributed by atoms with E-state index in [1.54, 1.807) is 12.1 Å². The number of nitrogens with zero attached hydrogens (tertiary/aromatic N) is 2. The van der Waals surface area contributed by atoms with Gasteiger partial charge in [-0.15, -0.1) is 0 Å². The van der Waals surface area contributed by atoms with Gasteiger partial charge in [-0.05, 0) is 36.6 Å². The smallest absolute Gasteiger partial charge is 0.272 e. The second kappa shape index (κ2) is 8.64. The number of aromatic nitrogens is 2. The first-order valence-electron chi connectivity index (χ1n) is 8.19. The van der Waals surface area contributed by atoms with Crippen LogP contribution in [0, 0.1) is 0 Å². The lowest BCUT2D eigenvalue weighted by Crippen LogP contribution is -2.32. The molecule has 0 aliphatic carbocycles.